The second-order valence-corrected chi connectivity index (χ2v) is 6.55. The van der Waals surface area contributed by atoms with Gasteiger partial charge < -0.3 is 20.3 Å². The van der Waals surface area contributed by atoms with E-state index < -0.39 is 29.1 Å². The van der Waals surface area contributed by atoms with Crippen molar-refractivity contribution in [2.45, 2.75) is 12.3 Å². The SMILES string of the molecule is O=C1CC(C(=O)Nc2ccc(F)cc2)c2c(nc(N3CCOCC3)[nH]c2=O)N1. The quantitative estimate of drug-likeness (QED) is 0.718. The van der Waals surface area contributed by atoms with Gasteiger partial charge in [-0.15, -0.1) is 0 Å². The van der Waals surface area contributed by atoms with E-state index in [0.29, 0.717) is 37.9 Å². The van der Waals surface area contributed by atoms with Gasteiger partial charge in [0.1, 0.15) is 11.6 Å². The molecule has 0 bridgehead atoms. The number of aromatic amines is 1. The predicted octanol–water partition coefficient (Wildman–Crippen LogP) is 0.810. The van der Waals surface area contributed by atoms with E-state index in [1.165, 1.54) is 24.3 Å². The van der Waals surface area contributed by atoms with Crippen molar-refractivity contribution in [2.24, 2.45) is 0 Å². The lowest BCUT2D eigenvalue weighted by molar-refractivity contribution is -0.123. The fourth-order valence-electron chi connectivity index (χ4n) is 3.27. The molecule has 1 atom stereocenters. The molecule has 1 unspecified atom stereocenters. The van der Waals surface area contributed by atoms with Crippen LogP contribution in [0.4, 0.5) is 21.8 Å². The average Bonchev–Trinajstić information content (AvgIpc) is 2.69. The maximum Gasteiger partial charge on any atom is 0.258 e. The Morgan fingerprint density at radius 3 is 2.64 bits per heavy atom. The average molecular weight is 387 g/mol. The van der Waals surface area contributed by atoms with E-state index in [4.69, 9.17) is 4.74 Å². The van der Waals surface area contributed by atoms with E-state index in [1.807, 2.05) is 4.90 Å². The zero-order chi connectivity index (χ0) is 19.7. The predicted molar refractivity (Wildman–Crippen MR) is 98.9 cm³/mol. The Balaban J connectivity index is 1.64. The first-order valence-corrected chi connectivity index (χ1v) is 8.84. The summed E-state index contributed by atoms with van der Waals surface area (Å²) in [5.74, 6) is -1.96. The summed E-state index contributed by atoms with van der Waals surface area (Å²) >= 11 is 0. The molecule has 2 aliphatic rings. The number of hydrogen-bond acceptors (Lipinski definition) is 6. The Hall–Kier alpha value is -3.27. The third kappa shape index (κ3) is 3.58. The zero-order valence-corrected chi connectivity index (χ0v) is 14.8. The van der Waals surface area contributed by atoms with Crippen LogP contribution in [0.1, 0.15) is 17.9 Å². The topological polar surface area (TPSA) is 116 Å². The van der Waals surface area contributed by atoms with E-state index in [9.17, 15) is 18.8 Å². The van der Waals surface area contributed by atoms with Crippen LogP contribution in [0.15, 0.2) is 29.1 Å². The molecule has 0 aliphatic carbocycles. The standard InChI is InChI=1S/C18H18FN5O4/c19-10-1-3-11(4-2-10)20-16(26)12-9-13(25)21-15-14(12)17(27)23-18(22-15)24-5-7-28-8-6-24/h1-4,12H,5-9H2,(H,20,26)(H2,21,22,23,25,27). The lowest BCUT2D eigenvalue weighted by Crippen LogP contribution is -2.41. The minimum absolute atomic E-state index is 0.0840. The monoisotopic (exact) mass is 387 g/mol. The van der Waals surface area contributed by atoms with Gasteiger partial charge in [-0.1, -0.05) is 0 Å². The molecule has 3 heterocycles. The van der Waals surface area contributed by atoms with E-state index in [1.54, 1.807) is 0 Å². The minimum Gasteiger partial charge on any atom is -0.378 e. The highest BCUT2D eigenvalue weighted by molar-refractivity contribution is 6.04. The summed E-state index contributed by atoms with van der Waals surface area (Å²) in [6, 6.07) is 5.22. The van der Waals surface area contributed by atoms with Gasteiger partial charge in [0.2, 0.25) is 17.8 Å². The van der Waals surface area contributed by atoms with Crippen LogP contribution in [-0.4, -0.2) is 48.1 Å². The van der Waals surface area contributed by atoms with Gasteiger partial charge >= 0.3 is 0 Å². The summed E-state index contributed by atoms with van der Waals surface area (Å²) < 4.78 is 18.3. The third-order valence-corrected chi connectivity index (χ3v) is 4.68. The highest BCUT2D eigenvalue weighted by atomic mass is 19.1. The van der Waals surface area contributed by atoms with Crippen molar-refractivity contribution in [1.29, 1.82) is 0 Å². The van der Waals surface area contributed by atoms with Crippen LogP contribution in [0.25, 0.3) is 0 Å². The number of morpholine rings is 1. The molecule has 9 nitrogen and oxygen atoms in total. The van der Waals surface area contributed by atoms with Crippen LogP contribution in [-0.2, 0) is 14.3 Å². The number of amides is 2. The fourth-order valence-corrected chi connectivity index (χ4v) is 3.27. The van der Waals surface area contributed by atoms with Crippen molar-refractivity contribution in [2.75, 3.05) is 41.8 Å². The number of hydrogen-bond donors (Lipinski definition) is 3. The first-order valence-electron chi connectivity index (χ1n) is 8.84. The van der Waals surface area contributed by atoms with Crippen LogP contribution in [0.2, 0.25) is 0 Å². The second kappa shape index (κ2) is 7.39. The molecule has 1 saturated heterocycles. The normalized spacial score (nSPS) is 19.0. The lowest BCUT2D eigenvalue weighted by Gasteiger charge is -2.29. The molecule has 3 N–H and O–H groups in total. The Morgan fingerprint density at radius 1 is 1.21 bits per heavy atom. The number of aromatic nitrogens is 2. The van der Waals surface area contributed by atoms with Crippen molar-refractivity contribution in [3.05, 3.63) is 46.0 Å². The largest absolute Gasteiger partial charge is 0.378 e. The number of benzene rings is 1. The van der Waals surface area contributed by atoms with Crippen LogP contribution in [0.5, 0.6) is 0 Å². The van der Waals surface area contributed by atoms with Gasteiger partial charge in [-0.05, 0) is 24.3 Å². The number of carbonyl (C=O) groups excluding carboxylic acids is 2. The fraction of sp³-hybridized carbons (Fsp3) is 0.333. The molecule has 2 aliphatic heterocycles. The van der Waals surface area contributed by atoms with Crippen molar-refractivity contribution < 1.29 is 18.7 Å². The molecular weight excluding hydrogens is 369 g/mol. The molecule has 10 heteroatoms. The number of rotatable bonds is 3. The molecule has 0 radical (unpaired) electrons. The van der Waals surface area contributed by atoms with Crippen molar-refractivity contribution in [3.8, 4) is 0 Å². The molecular formula is C18H18FN5O4. The first-order chi connectivity index (χ1) is 13.5. The lowest BCUT2D eigenvalue weighted by atomic mass is 9.92. The molecule has 146 valence electrons. The molecule has 1 aromatic carbocycles. The maximum absolute atomic E-state index is 13.0. The van der Waals surface area contributed by atoms with Gasteiger partial charge in [-0.2, -0.15) is 4.98 Å². The molecule has 28 heavy (non-hydrogen) atoms. The molecule has 0 saturated carbocycles. The summed E-state index contributed by atoms with van der Waals surface area (Å²) in [5.41, 5.74) is -0.00442. The number of nitrogens with zero attached hydrogens (tertiary/aromatic N) is 2. The van der Waals surface area contributed by atoms with Crippen LogP contribution >= 0.6 is 0 Å². The van der Waals surface area contributed by atoms with Gasteiger partial charge in [0.25, 0.3) is 5.56 Å². The van der Waals surface area contributed by atoms with E-state index >= 15 is 0 Å². The van der Waals surface area contributed by atoms with Gasteiger partial charge in [0, 0.05) is 25.2 Å². The highest BCUT2D eigenvalue weighted by Crippen LogP contribution is 2.30. The maximum atomic E-state index is 13.0. The Morgan fingerprint density at radius 2 is 1.93 bits per heavy atom. The molecule has 1 fully saturated rings. The molecule has 2 aromatic rings. The molecule has 0 spiro atoms. The van der Waals surface area contributed by atoms with Gasteiger partial charge in [-0.3, -0.25) is 19.4 Å². The summed E-state index contributed by atoms with van der Waals surface area (Å²) in [6.07, 6.45) is -0.179. The van der Waals surface area contributed by atoms with Gasteiger partial charge in [0.15, 0.2) is 0 Å². The number of anilines is 3. The summed E-state index contributed by atoms with van der Waals surface area (Å²) in [4.78, 5) is 46.4. The van der Waals surface area contributed by atoms with Crippen LogP contribution < -0.4 is 21.1 Å². The third-order valence-electron chi connectivity index (χ3n) is 4.68. The van der Waals surface area contributed by atoms with E-state index in [-0.39, 0.29) is 17.8 Å². The number of H-pyrrole nitrogens is 1. The van der Waals surface area contributed by atoms with Crippen LogP contribution in [0.3, 0.4) is 0 Å². The van der Waals surface area contributed by atoms with E-state index in [2.05, 4.69) is 20.6 Å². The van der Waals surface area contributed by atoms with E-state index in [0.717, 1.165) is 0 Å². The number of fused-ring (bicyclic) bond motifs is 1. The smallest absolute Gasteiger partial charge is 0.258 e. The number of halogens is 1. The van der Waals surface area contributed by atoms with Gasteiger partial charge in [-0.25, -0.2) is 4.39 Å². The molecule has 1 aromatic heterocycles. The summed E-state index contributed by atoms with van der Waals surface area (Å²) in [5, 5.41) is 5.19. The minimum atomic E-state index is -0.996. The Bertz CT molecular complexity index is 969. The number of carbonyl (C=O) groups is 2. The summed E-state index contributed by atoms with van der Waals surface area (Å²) in [7, 11) is 0. The first kappa shape index (κ1) is 18.1. The van der Waals surface area contributed by atoms with Crippen molar-refractivity contribution in [3.63, 3.8) is 0 Å². The second-order valence-electron chi connectivity index (χ2n) is 6.55. The van der Waals surface area contributed by atoms with Crippen molar-refractivity contribution >= 4 is 29.3 Å². The summed E-state index contributed by atoms with van der Waals surface area (Å²) in [6.45, 7) is 2.14. The Labute approximate surface area is 158 Å². The highest BCUT2D eigenvalue weighted by Gasteiger charge is 2.35. The van der Waals surface area contributed by atoms with Crippen LogP contribution in [0, 0.1) is 5.82 Å². The molecule has 2 amide bonds. The Kier molecular flexibility index (Phi) is 4.78. The van der Waals surface area contributed by atoms with Gasteiger partial charge in [0.05, 0.1) is 24.7 Å². The molecule has 4 rings (SSSR count). The number of nitrogens with one attached hydrogen (secondary N) is 3. The zero-order valence-electron chi connectivity index (χ0n) is 14.8. The van der Waals surface area contributed by atoms with Crippen molar-refractivity contribution in [1.82, 2.24) is 9.97 Å². The number of ether oxygens (including phenoxy) is 1.